The third kappa shape index (κ3) is 2.94. The lowest BCUT2D eigenvalue weighted by Gasteiger charge is -2.28. The summed E-state index contributed by atoms with van der Waals surface area (Å²) in [5.41, 5.74) is 5.98. The summed E-state index contributed by atoms with van der Waals surface area (Å²) in [6.07, 6.45) is 6.76. The van der Waals surface area contributed by atoms with Gasteiger partial charge in [-0.2, -0.15) is 0 Å². The number of esters is 1. The summed E-state index contributed by atoms with van der Waals surface area (Å²) in [6.45, 7) is 8.13. The van der Waals surface area contributed by atoms with Crippen molar-refractivity contribution in [2.45, 2.75) is 59.5 Å². The highest BCUT2D eigenvalue weighted by Gasteiger charge is 2.29. The molecule has 0 amide bonds. The van der Waals surface area contributed by atoms with Gasteiger partial charge in [0, 0.05) is 22.1 Å². The molecule has 1 aromatic heterocycles. The molecule has 0 unspecified atom stereocenters. The number of ether oxygens (including phenoxy) is 2. The van der Waals surface area contributed by atoms with Crippen molar-refractivity contribution < 1.29 is 18.7 Å². The van der Waals surface area contributed by atoms with E-state index in [1.807, 2.05) is 13.8 Å². The summed E-state index contributed by atoms with van der Waals surface area (Å²) in [4.78, 5) is 12.1. The molecule has 1 aliphatic carbocycles. The fourth-order valence-corrected chi connectivity index (χ4v) is 3.87. The second kappa shape index (κ2) is 6.95. The van der Waals surface area contributed by atoms with E-state index in [1.165, 1.54) is 11.1 Å². The maximum Gasteiger partial charge on any atom is 0.333 e. The van der Waals surface area contributed by atoms with Gasteiger partial charge in [0.05, 0.1) is 13.4 Å². The van der Waals surface area contributed by atoms with Crippen LogP contribution in [0.4, 0.5) is 0 Å². The molecule has 0 N–H and O–H groups in total. The highest BCUT2D eigenvalue weighted by molar-refractivity contribution is 5.93. The van der Waals surface area contributed by atoms with Crippen LogP contribution in [0.2, 0.25) is 0 Å². The standard InChI is InChI=1S/C21H26O4/c1-6-12(2)21(22)25-11-16-17-13(3)8-7-9-15(17)19(23-5)20-18(16)14(4)10-24-20/h6,10,13H,7-9,11H2,1-5H3/t13-/m0/s1. The average Bonchev–Trinajstić information content (AvgIpc) is 2.99. The van der Waals surface area contributed by atoms with E-state index in [1.54, 1.807) is 26.4 Å². The second-order valence-corrected chi connectivity index (χ2v) is 6.87. The molecule has 0 saturated heterocycles. The van der Waals surface area contributed by atoms with Crippen molar-refractivity contribution in [1.82, 2.24) is 0 Å². The zero-order chi connectivity index (χ0) is 18.1. The van der Waals surface area contributed by atoms with Crippen LogP contribution in [0.5, 0.6) is 5.75 Å². The Bertz CT molecular complexity index is 841. The van der Waals surface area contributed by atoms with Gasteiger partial charge in [-0.25, -0.2) is 4.79 Å². The van der Waals surface area contributed by atoms with Crippen molar-refractivity contribution in [2.24, 2.45) is 0 Å². The number of allylic oxidation sites excluding steroid dienone is 1. The topological polar surface area (TPSA) is 48.7 Å². The molecular weight excluding hydrogens is 316 g/mol. The monoisotopic (exact) mass is 342 g/mol. The van der Waals surface area contributed by atoms with Crippen molar-refractivity contribution in [3.63, 3.8) is 0 Å². The van der Waals surface area contributed by atoms with Gasteiger partial charge < -0.3 is 13.9 Å². The summed E-state index contributed by atoms with van der Waals surface area (Å²) in [5, 5.41) is 1.02. The van der Waals surface area contributed by atoms with Crippen molar-refractivity contribution in [2.75, 3.05) is 7.11 Å². The van der Waals surface area contributed by atoms with Crippen LogP contribution in [0.25, 0.3) is 11.0 Å². The molecule has 0 aliphatic heterocycles. The molecule has 1 heterocycles. The first kappa shape index (κ1) is 17.6. The molecule has 3 rings (SSSR count). The molecule has 0 fully saturated rings. The SMILES string of the molecule is CC=C(C)C(=O)OCc1c2c(c(OC)c3occ(C)c13)CCC[C@@H]2C. The number of methoxy groups -OCH3 is 1. The molecule has 134 valence electrons. The van der Waals surface area contributed by atoms with Crippen LogP contribution < -0.4 is 4.74 Å². The highest BCUT2D eigenvalue weighted by atomic mass is 16.5. The van der Waals surface area contributed by atoms with Crippen molar-refractivity contribution in [3.8, 4) is 5.75 Å². The lowest BCUT2D eigenvalue weighted by Crippen LogP contribution is -2.15. The molecule has 2 aromatic rings. The second-order valence-electron chi connectivity index (χ2n) is 6.87. The van der Waals surface area contributed by atoms with Gasteiger partial charge in [-0.15, -0.1) is 0 Å². The summed E-state index contributed by atoms with van der Waals surface area (Å²) >= 11 is 0. The Hall–Kier alpha value is -2.23. The predicted octanol–water partition coefficient (Wildman–Crippen LogP) is 5.20. The van der Waals surface area contributed by atoms with E-state index < -0.39 is 0 Å². The maximum atomic E-state index is 12.1. The van der Waals surface area contributed by atoms with E-state index in [0.29, 0.717) is 11.5 Å². The lowest BCUT2D eigenvalue weighted by atomic mass is 9.79. The molecule has 0 spiro atoms. The van der Waals surface area contributed by atoms with Gasteiger partial charge in [0.15, 0.2) is 11.3 Å². The van der Waals surface area contributed by atoms with E-state index >= 15 is 0 Å². The van der Waals surface area contributed by atoms with Crippen LogP contribution in [-0.2, 0) is 22.6 Å². The fraction of sp³-hybridized carbons (Fsp3) is 0.476. The quantitative estimate of drug-likeness (QED) is 0.566. The Balaban J connectivity index is 2.17. The van der Waals surface area contributed by atoms with E-state index in [0.717, 1.165) is 47.1 Å². The highest BCUT2D eigenvalue weighted by Crippen LogP contribution is 2.46. The van der Waals surface area contributed by atoms with E-state index in [-0.39, 0.29) is 12.6 Å². The van der Waals surface area contributed by atoms with Gasteiger partial charge in [-0.3, -0.25) is 0 Å². The normalized spacial score (nSPS) is 17.5. The largest absolute Gasteiger partial charge is 0.493 e. The Kier molecular flexibility index (Phi) is 4.89. The van der Waals surface area contributed by atoms with Gasteiger partial charge in [0.25, 0.3) is 0 Å². The molecule has 1 aliphatic rings. The van der Waals surface area contributed by atoms with Crippen molar-refractivity contribution in [1.29, 1.82) is 0 Å². The Morgan fingerprint density at radius 3 is 2.88 bits per heavy atom. The number of carbonyl (C=O) groups excluding carboxylic acids is 1. The number of rotatable bonds is 4. The predicted molar refractivity (Wildman–Crippen MR) is 98.1 cm³/mol. The number of fused-ring (bicyclic) bond motifs is 2. The zero-order valence-electron chi connectivity index (χ0n) is 15.7. The first-order chi connectivity index (χ1) is 12.0. The van der Waals surface area contributed by atoms with Crippen molar-refractivity contribution in [3.05, 3.63) is 40.2 Å². The lowest BCUT2D eigenvalue weighted by molar-refractivity contribution is -0.140. The Morgan fingerprint density at radius 1 is 1.44 bits per heavy atom. The first-order valence-corrected chi connectivity index (χ1v) is 8.89. The summed E-state index contributed by atoms with van der Waals surface area (Å²) in [5.74, 6) is 0.974. The third-order valence-electron chi connectivity index (χ3n) is 5.27. The maximum absolute atomic E-state index is 12.1. The molecule has 4 nitrogen and oxygen atoms in total. The van der Waals surface area contributed by atoms with Gasteiger partial charge in [-0.05, 0) is 57.1 Å². The molecule has 1 aromatic carbocycles. The summed E-state index contributed by atoms with van der Waals surface area (Å²) in [7, 11) is 1.70. The van der Waals surface area contributed by atoms with Gasteiger partial charge in [0.2, 0.25) is 0 Å². The molecular formula is C21H26O4. The molecule has 0 saturated carbocycles. The van der Waals surface area contributed by atoms with Crippen molar-refractivity contribution >= 4 is 16.9 Å². The number of furan rings is 1. The van der Waals surface area contributed by atoms with E-state index in [4.69, 9.17) is 13.9 Å². The molecule has 4 heteroatoms. The smallest absolute Gasteiger partial charge is 0.333 e. The fourth-order valence-electron chi connectivity index (χ4n) is 3.87. The zero-order valence-corrected chi connectivity index (χ0v) is 15.7. The van der Waals surface area contributed by atoms with E-state index in [2.05, 4.69) is 6.92 Å². The third-order valence-corrected chi connectivity index (χ3v) is 5.27. The minimum Gasteiger partial charge on any atom is -0.493 e. The molecule has 0 radical (unpaired) electrons. The number of benzene rings is 1. The van der Waals surface area contributed by atoms with Crippen LogP contribution in [0.15, 0.2) is 22.3 Å². The Labute approximate surface area is 148 Å². The molecule has 1 atom stereocenters. The van der Waals surface area contributed by atoms with E-state index in [9.17, 15) is 4.79 Å². The average molecular weight is 342 g/mol. The summed E-state index contributed by atoms with van der Waals surface area (Å²) in [6, 6.07) is 0. The number of aryl methyl sites for hydroxylation is 1. The van der Waals surface area contributed by atoms with Crippen LogP contribution >= 0.6 is 0 Å². The van der Waals surface area contributed by atoms with Gasteiger partial charge in [0.1, 0.15) is 6.61 Å². The van der Waals surface area contributed by atoms with Crippen LogP contribution in [0.1, 0.15) is 61.8 Å². The van der Waals surface area contributed by atoms with Crippen LogP contribution in [0, 0.1) is 6.92 Å². The first-order valence-electron chi connectivity index (χ1n) is 8.89. The Morgan fingerprint density at radius 2 is 2.20 bits per heavy atom. The van der Waals surface area contributed by atoms with Gasteiger partial charge in [-0.1, -0.05) is 13.0 Å². The molecule has 25 heavy (non-hydrogen) atoms. The molecule has 0 bridgehead atoms. The summed E-state index contributed by atoms with van der Waals surface area (Å²) < 4.78 is 17.1. The minimum atomic E-state index is -0.273. The van der Waals surface area contributed by atoms with Crippen LogP contribution in [-0.4, -0.2) is 13.1 Å². The number of carbonyl (C=O) groups is 1. The minimum absolute atomic E-state index is 0.261. The van der Waals surface area contributed by atoms with Gasteiger partial charge >= 0.3 is 5.97 Å². The number of hydrogen-bond donors (Lipinski definition) is 0. The number of hydrogen-bond acceptors (Lipinski definition) is 4. The van der Waals surface area contributed by atoms with Crippen LogP contribution in [0.3, 0.4) is 0 Å².